The predicted octanol–water partition coefficient (Wildman–Crippen LogP) is 3.44. The summed E-state index contributed by atoms with van der Waals surface area (Å²) in [5.74, 6) is 1.03. The van der Waals surface area contributed by atoms with Gasteiger partial charge in [0, 0.05) is 25.2 Å². The monoisotopic (exact) mass is 400 g/mol. The molecule has 0 spiro atoms. The lowest BCUT2D eigenvalue weighted by Gasteiger charge is -2.15. The summed E-state index contributed by atoms with van der Waals surface area (Å²) >= 11 is 3.21. The van der Waals surface area contributed by atoms with Crippen molar-refractivity contribution < 1.29 is 9.21 Å². The minimum Gasteiger partial charge on any atom is -0.444 e. The Balaban J connectivity index is 1.39. The van der Waals surface area contributed by atoms with Crippen LogP contribution in [0.25, 0.3) is 11.3 Å². The van der Waals surface area contributed by atoms with E-state index >= 15 is 0 Å². The highest BCUT2D eigenvalue weighted by atomic mass is 79.9. The largest absolute Gasteiger partial charge is 0.444 e. The highest BCUT2D eigenvalue weighted by Crippen LogP contribution is 2.24. The van der Waals surface area contributed by atoms with Crippen molar-refractivity contribution >= 4 is 27.7 Å². The molecule has 25 heavy (non-hydrogen) atoms. The van der Waals surface area contributed by atoms with Gasteiger partial charge in [-0.15, -0.1) is 0 Å². The third-order valence-corrected chi connectivity index (χ3v) is 4.72. The van der Waals surface area contributed by atoms with Gasteiger partial charge >= 0.3 is 0 Å². The molecule has 7 heteroatoms. The van der Waals surface area contributed by atoms with Crippen molar-refractivity contribution in [2.75, 3.05) is 18.0 Å². The number of hydrogen-bond acceptors (Lipinski definition) is 4. The van der Waals surface area contributed by atoms with E-state index in [1.54, 1.807) is 12.1 Å². The summed E-state index contributed by atoms with van der Waals surface area (Å²) in [6.45, 7) is 1.58. The van der Waals surface area contributed by atoms with Gasteiger partial charge in [0.1, 0.15) is 0 Å². The van der Waals surface area contributed by atoms with E-state index in [0.717, 1.165) is 36.6 Å². The van der Waals surface area contributed by atoms with Crippen molar-refractivity contribution in [3.63, 3.8) is 0 Å². The number of aromatic amines is 1. The van der Waals surface area contributed by atoms with Gasteiger partial charge in [0.2, 0.25) is 0 Å². The number of anilines is 1. The first-order chi connectivity index (χ1) is 12.2. The highest BCUT2D eigenvalue weighted by Gasteiger charge is 2.26. The van der Waals surface area contributed by atoms with Crippen LogP contribution in [-0.2, 0) is 0 Å². The Morgan fingerprint density at radius 2 is 2.12 bits per heavy atom. The third kappa shape index (κ3) is 3.46. The van der Waals surface area contributed by atoms with Crippen LogP contribution in [0, 0.1) is 0 Å². The van der Waals surface area contributed by atoms with Crippen LogP contribution in [0.5, 0.6) is 0 Å². The molecule has 1 amide bonds. The van der Waals surface area contributed by atoms with Crippen LogP contribution in [0.4, 0.5) is 5.82 Å². The van der Waals surface area contributed by atoms with E-state index in [1.165, 1.54) is 0 Å². The van der Waals surface area contributed by atoms with Crippen LogP contribution >= 0.6 is 15.9 Å². The van der Waals surface area contributed by atoms with Gasteiger partial charge in [-0.2, -0.15) is 5.10 Å². The SMILES string of the molecule is O=C(NC1CCN(c2cc(-c3ccccc3)[nH]n2)C1)c1ccc(Br)o1. The van der Waals surface area contributed by atoms with E-state index in [0.29, 0.717) is 10.4 Å². The maximum Gasteiger partial charge on any atom is 0.287 e. The van der Waals surface area contributed by atoms with Gasteiger partial charge in [-0.1, -0.05) is 30.3 Å². The van der Waals surface area contributed by atoms with E-state index in [2.05, 4.69) is 36.3 Å². The topological polar surface area (TPSA) is 74.2 Å². The number of carbonyl (C=O) groups is 1. The van der Waals surface area contributed by atoms with Crippen molar-refractivity contribution in [2.45, 2.75) is 12.5 Å². The number of rotatable bonds is 4. The second-order valence-corrected chi connectivity index (χ2v) is 6.80. The fourth-order valence-corrected chi connectivity index (χ4v) is 3.32. The number of furan rings is 1. The number of aromatic nitrogens is 2. The third-order valence-electron chi connectivity index (χ3n) is 4.29. The quantitative estimate of drug-likeness (QED) is 0.703. The maximum atomic E-state index is 12.2. The Hall–Kier alpha value is -2.54. The van der Waals surface area contributed by atoms with Gasteiger partial charge in [0.15, 0.2) is 16.2 Å². The predicted molar refractivity (Wildman–Crippen MR) is 98.5 cm³/mol. The summed E-state index contributed by atoms with van der Waals surface area (Å²) in [6, 6.07) is 15.6. The van der Waals surface area contributed by atoms with Gasteiger partial charge < -0.3 is 14.6 Å². The Labute approximate surface area is 153 Å². The molecule has 1 aliphatic rings. The van der Waals surface area contributed by atoms with Crippen LogP contribution in [0.2, 0.25) is 0 Å². The molecule has 1 unspecified atom stereocenters. The molecule has 128 valence electrons. The lowest BCUT2D eigenvalue weighted by molar-refractivity contribution is 0.0911. The summed E-state index contributed by atoms with van der Waals surface area (Å²) in [5.41, 5.74) is 2.09. The Morgan fingerprint density at radius 1 is 1.28 bits per heavy atom. The summed E-state index contributed by atoms with van der Waals surface area (Å²) in [5, 5.41) is 10.5. The molecule has 3 aromatic rings. The molecule has 6 nitrogen and oxygen atoms in total. The number of nitrogens with one attached hydrogen (secondary N) is 2. The minimum atomic E-state index is -0.190. The molecular weight excluding hydrogens is 384 g/mol. The van der Waals surface area contributed by atoms with Crippen molar-refractivity contribution in [3.8, 4) is 11.3 Å². The van der Waals surface area contributed by atoms with Crippen LogP contribution in [0.15, 0.2) is 57.6 Å². The van der Waals surface area contributed by atoms with Gasteiger partial charge in [-0.3, -0.25) is 9.89 Å². The molecule has 1 aromatic carbocycles. The van der Waals surface area contributed by atoms with E-state index < -0.39 is 0 Å². The summed E-state index contributed by atoms with van der Waals surface area (Å²) in [4.78, 5) is 14.4. The lowest BCUT2D eigenvalue weighted by Crippen LogP contribution is -2.37. The zero-order valence-corrected chi connectivity index (χ0v) is 15.0. The standard InChI is InChI=1S/C18H17BrN4O2/c19-16-7-6-15(25-16)18(24)20-13-8-9-23(11-13)17-10-14(21-22-17)12-4-2-1-3-5-12/h1-7,10,13H,8-9,11H2,(H,20,24)(H,21,22). The molecule has 0 radical (unpaired) electrons. The first-order valence-electron chi connectivity index (χ1n) is 8.11. The number of nitrogens with zero attached hydrogens (tertiary/aromatic N) is 2. The molecular formula is C18H17BrN4O2. The van der Waals surface area contributed by atoms with Gasteiger partial charge in [0.25, 0.3) is 5.91 Å². The summed E-state index contributed by atoms with van der Waals surface area (Å²) in [6.07, 6.45) is 0.876. The van der Waals surface area contributed by atoms with Crippen LogP contribution in [0.1, 0.15) is 17.0 Å². The fourth-order valence-electron chi connectivity index (χ4n) is 3.02. The Morgan fingerprint density at radius 3 is 2.88 bits per heavy atom. The molecule has 3 heterocycles. The number of halogens is 1. The molecule has 0 saturated carbocycles. The van der Waals surface area contributed by atoms with Crippen LogP contribution < -0.4 is 10.2 Å². The minimum absolute atomic E-state index is 0.0771. The van der Waals surface area contributed by atoms with Crippen molar-refractivity contribution in [2.24, 2.45) is 0 Å². The number of H-pyrrole nitrogens is 1. The number of hydrogen-bond donors (Lipinski definition) is 2. The van der Waals surface area contributed by atoms with E-state index in [-0.39, 0.29) is 11.9 Å². The zero-order valence-electron chi connectivity index (χ0n) is 13.4. The second-order valence-electron chi connectivity index (χ2n) is 6.01. The highest BCUT2D eigenvalue weighted by molar-refractivity contribution is 9.10. The Kier molecular flexibility index (Phi) is 4.31. The summed E-state index contributed by atoms with van der Waals surface area (Å²) in [7, 11) is 0. The van der Waals surface area contributed by atoms with Crippen molar-refractivity contribution in [1.82, 2.24) is 15.5 Å². The van der Waals surface area contributed by atoms with E-state index in [4.69, 9.17) is 4.42 Å². The number of benzene rings is 1. The lowest BCUT2D eigenvalue weighted by atomic mass is 10.1. The average Bonchev–Trinajstić information content (AvgIpc) is 3.35. The average molecular weight is 401 g/mol. The molecule has 1 aliphatic heterocycles. The van der Waals surface area contributed by atoms with Gasteiger partial charge in [-0.05, 0) is 40.0 Å². The molecule has 1 fully saturated rings. The first kappa shape index (κ1) is 16.0. The number of carbonyl (C=O) groups excluding carboxylic acids is 1. The molecule has 1 atom stereocenters. The molecule has 2 aromatic heterocycles. The Bertz CT molecular complexity index is 874. The smallest absolute Gasteiger partial charge is 0.287 e. The molecule has 4 rings (SSSR count). The molecule has 0 aliphatic carbocycles. The van der Waals surface area contributed by atoms with Crippen molar-refractivity contribution in [3.05, 3.63) is 59.0 Å². The normalized spacial score (nSPS) is 17.0. The van der Waals surface area contributed by atoms with E-state index in [1.807, 2.05) is 36.4 Å². The first-order valence-corrected chi connectivity index (χ1v) is 8.90. The summed E-state index contributed by atoms with van der Waals surface area (Å²) < 4.78 is 5.84. The zero-order chi connectivity index (χ0) is 17.2. The molecule has 2 N–H and O–H groups in total. The number of amides is 1. The molecule has 0 bridgehead atoms. The van der Waals surface area contributed by atoms with Gasteiger partial charge in [0.05, 0.1) is 5.69 Å². The maximum absolute atomic E-state index is 12.2. The van der Waals surface area contributed by atoms with Crippen molar-refractivity contribution in [1.29, 1.82) is 0 Å². The van der Waals surface area contributed by atoms with E-state index in [9.17, 15) is 4.79 Å². The van der Waals surface area contributed by atoms with Crippen LogP contribution in [-0.4, -0.2) is 35.2 Å². The second kappa shape index (κ2) is 6.76. The van der Waals surface area contributed by atoms with Crippen LogP contribution in [0.3, 0.4) is 0 Å². The fraction of sp³-hybridized carbons (Fsp3) is 0.222. The molecule has 1 saturated heterocycles. The van der Waals surface area contributed by atoms with Gasteiger partial charge in [-0.25, -0.2) is 0 Å².